The van der Waals surface area contributed by atoms with Crippen molar-refractivity contribution in [1.82, 2.24) is 4.90 Å². The molecule has 0 N–H and O–H groups in total. The maximum absolute atomic E-state index is 2.57. The van der Waals surface area contributed by atoms with Crippen molar-refractivity contribution in [1.29, 1.82) is 0 Å². The highest BCUT2D eigenvalue weighted by Crippen LogP contribution is 2.28. The number of nitrogens with zero attached hydrogens (tertiary/aromatic N) is 1. The molecule has 0 aliphatic carbocycles. The van der Waals surface area contributed by atoms with E-state index in [1.54, 1.807) is 5.56 Å². The lowest BCUT2D eigenvalue weighted by Gasteiger charge is -2.33. The lowest BCUT2D eigenvalue weighted by molar-refractivity contribution is 0.235. The number of fused-ring (bicyclic) bond motifs is 1. The van der Waals surface area contributed by atoms with Crippen molar-refractivity contribution in [2.24, 2.45) is 0 Å². The molecule has 0 spiro atoms. The molecule has 17 heavy (non-hydrogen) atoms. The van der Waals surface area contributed by atoms with Crippen molar-refractivity contribution < 1.29 is 0 Å². The van der Waals surface area contributed by atoms with E-state index in [2.05, 4.69) is 43.9 Å². The van der Waals surface area contributed by atoms with E-state index in [1.165, 1.54) is 30.6 Å². The minimum absolute atomic E-state index is 0.695. The Balaban J connectivity index is 0.000000686. The Morgan fingerprint density at radius 2 is 2.00 bits per heavy atom. The molecule has 96 valence electrons. The molecular weight excluding hydrogens is 206 g/mol. The van der Waals surface area contributed by atoms with E-state index in [-0.39, 0.29) is 0 Å². The highest BCUT2D eigenvalue weighted by atomic mass is 15.1. The second-order valence-corrected chi connectivity index (χ2v) is 4.84. The molecule has 2 rings (SSSR count). The first-order valence-electron chi connectivity index (χ1n) is 7.02. The maximum atomic E-state index is 2.57. The Hall–Kier alpha value is -0.820. The van der Waals surface area contributed by atoms with E-state index < -0.39 is 0 Å². The molecule has 1 aliphatic heterocycles. The van der Waals surface area contributed by atoms with Crippen molar-refractivity contribution in [3.05, 3.63) is 34.9 Å². The summed E-state index contributed by atoms with van der Waals surface area (Å²) >= 11 is 0. The van der Waals surface area contributed by atoms with E-state index in [0.717, 1.165) is 6.54 Å². The fourth-order valence-electron chi connectivity index (χ4n) is 2.59. The second-order valence-electron chi connectivity index (χ2n) is 4.84. The van der Waals surface area contributed by atoms with Gasteiger partial charge in [0.05, 0.1) is 0 Å². The van der Waals surface area contributed by atoms with Crippen LogP contribution in [0.1, 0.15) is 56.7 Å². The summed E-state index contributed by atoms with van der Waals surface area (Å²) in [6.07, 6.45) is 1.26. The topological polar surface area (TPSA) is 3.24 Å². The third kappa shape index (κ3) is 3.57. The standard InChI is InChI=1S/C14H21N.C2H6/c1-4-7-15-9-12(3)14-8-11(2)5-6-13(14)10-15;1-2/h5-6,8,12H,4,7,9-10H2,1-3H3;1-2H3. The van der Waals surface area contributed by atoms with E-state index in [1.807, 2.05) is 13.8 Å². The van der Waals surface area contributed by atoms with Crippen molar-refractivity contribution >= 4 is 0 Å². The van der Waals surface area contributed by atoms with Crippen molar-refractivity contribution in [2.75, 3.05) is 13.1 Å². The van der Waals surface area contributed by atoms with Crippen LogP contribution < -0.4 is 0 Å². The monoisotopic (exact) mass is 233 g/mol. The van der Waals surface area contributed by atoms with Gasteiger partial charge >= 0.3 is 0 Å². The third-order valence-corrected chi connectivity index (χ3v) is 3.30. The van der Waals surface area contributed by atoms with Gasteiger partial charge in [0.2, 0.25) is 0 Å². The zero-order chi connectivity index (χ0) is 12.8. The van der Waals surface area contributed by atoms with Crippen LogP contribution in [0.15, 0.2) is 18.2 Å². The number of rotatable bonds is 2. The van der Waals surface area contributed by atoms with Gasteiger partial charge in [-0.1, -0.05) is 51.5 Å². The third-order valence-electron chi connectivity index (χ3n) is 3.30. The van der Waals surface area contributed by atoms with Crippen LogP contribution in [-0.2, 0) is 6.54 Å². The number of hydrogen-bond donors (Lipinski definition) is 0. The summed E-state index contributed by atoms with van der Waals surface area (Å²) in [6, 6.07) is 6.91. The molecule has 0 bridgehead atoms. The molecule has 1 atom stereocenters. The Morgan fingerprint density at radius 1 is 1.29 bits per heavy atom. The van der Waals surface area contributed by atoms with Crippen LogP contribution in [-0.4, -0.2) is 18.0 Å². The van der Waals surface area contributed by atoms with Crippen LogP contribution in [0.2, 0.25) is 0 Å². The highest BCUT2D eigenvalue weighted by Gasteiger charge is 2.21. The molecule has 1 unspecified atom stereocenters. The van der Waals surface area contributed by atoms with E-state index in [4.69, 9.17) is 0 Å². The van der Waals surface area contributed by atoms with E-state index in [0.29, 0.717) is 5.92 Å². The highest BCUT2D eigenvalue weighted by molar-refractivity contribution is 5.35. The number of aryl methyl sites for hydroxylation is 1. The first kappa shape index (κ1) is 14.2. The number of hydrogen-bond acceptors (Lipinski definition) is 1. The quantitative estimate of drug-likeness (QED) is 0.734. The maximum Gasteiger partial charge on any atom is 0.0236 e. The molecule has 0 saturated heterocycles. The average molecular weight is 233 g/mol. The van der Waals surface area contributed by atoms with Gasteiger partial charge in [0.1, 0.15) is 0 Å². The van der Waals surface area contributed by atoms with Crippen LogP contribution in [0, 0.1) is 6.92 Å². The zero-order valence-corrected chi connectivity index (χ0v) is 12.1. The molecule has 0 fully saturated rings. The first-order valence-corrected chi connectivity index (χ1v) is 7.02. The molecule has 1 aromatic carbocycles. The van der Waals surface area contributed by atoms with Gasteiger partial charge in [-0.2, -0.15) is 0 Å². The molecule has 1 nitrogen and oxygen atoms in total. The largest absolute Gasteiger partial charge is 0.298 e. The molecular formula is C16H27N. The molecule has 0 radical (unpaired) electrons. The SMILES string of the molecule is CC.CCCN1Cc2ccc(C)cc2C(C)C1. The van der Waals surface area contributed by atoms with Crippen molar-refractivity contribution in [3.63, 3.8) is 0 Å². The van der Waals surface area contributed by atoms with E-state index >= 15 is 0 Å². The van der Waals surface area contributed by atoms with Gasteiger partial charge in [0.15, 0.2) is 0 Å². The first-order chi connectivity index (χ1) is 8.20. The van der Waals surface area contributed by atoms with Crippen LogP contribution in [0.3, 0.4) is 0 Å². The van der Waals surface area contributed by atoms with Gasteiger partial charge in [0.25, 0.3) is 0 Å². The second kappa shape index (κ2) is 6.80. The normalized spacial score (nSPS) is 19.2. The minimum atomic E-state index is 0.695. The predicted molar refractivity (Wildman–Crippen MR) is 76.5 cm³/mol. The summed E-state index contributed by atoms with van der Waals surface area (Å²) in [5.74, 6) is 0.695. The summed E-state index contributed by atoms with van der Waals surface area (Å²) in [6.45, 7) is 14.4. The summed E-state index contributed by atoms with van der Waals surface area (Å²) in [4.78, 5) is 2.57. The Bertz CT molecular complexity index is 343. The predicted octanol–water partition coefficient (Wildman–Crippen LogP) is 4.35. The summed E-state index contributed by atoms with van der Waals surface area (Å²) < 4.78 is 0. The Morgan fingerprint density at radius 3 is 2.65 bits per heavy atom. The average Bonchev–Trinajstić information content (AvgIpc) is 2.33. The van der Waals surface area contributed by atoms with Gasteiger partial charge in [-0.25, -0.2) is 0 Å². The van der Waals surface area contributed by atoms with Crippen LogP contribution >= 0.6 is 0 Å². The summed E-state index contributed by atoms with van der Waals surface area (Å²) in [7, 11) is 0. The fourth-order valence-corrected chi connectivity index (χ4v) is 2.59. The zero-order valence-electron chi connectivity index (χ0n) is 12.1. The Kier molecular flexibility index (Phi) is 5.70. The van der Waals surface area contributed by atoms with Gasteiger partial charge in [0, 0.05) is 13.1 Å². The van der Waals surface area contributed by atoms with Crippen LogP contribution in [0.4, 0.5) is 0 Å². The van der Waals surface area contributed by atoms with E-state index in [9.17, 15) is 0 Å². The van der Waals surface area contributed by atoms with Crippen molar-refractivity contribution in [3.8, 4) is 0 Å². The van der Waals surface area contributed by atoms with Crippen LogP contribution in [0.5, 0.6) is 0 Å². The van der Waals surface area contributed by atoms with Gasteiger partial charge in [-0.05, 0) is 36.9 Å². The molecule has 1 heterocycles. The van der Waals surface area contributed by atoms with Crippen molar-refractivity contribution in [2.45, 2.75) is 53.5 Å². The fraction of sp³-hybridized carbons (Fsp3) is 0.625. The lowest BCUT2D eigenvalue weighted by atomic mass is 9.90. The molecule has 0 amide bonds. The Labute approximate surface area is 107 Å². The lowest BCUT2D eigenvalue weighted by Crippen LogP contribution is -2.33. The summed E-state index contributed by atoms with van der Waals surface area (Å²) in [5.41, 5.74) is 4.50. The molecule has 1 heteroatoms. The van der Waals surface area contributed by atoms with Crippen LogP contribution in [0.25, 0.3) is 0 Å². The van der Waals surface area contributed by atoms with Gasteiger partial charge in [-0.3, -0.25) is 4.90 Å². The molecule has 0 aromatic heterocycles. The molecule has 0 saturated carbocycles. The van der Waals surface area contributed by atoms with Gasteiger partial charge < -0.3 is 0 Å². The number of benzene rings is 1. The molecule has 1 aromatic rings. The smallest absolute Gasteiger partial charge is 0.0236 e. The van der Waals surface area contributed by atoms with Gasteiger partial charge in [-0.15, -0.1) is 0 Å². The molecule has 1 aliphatic rings. The summed E-state index contributed by atoms with van der Waals surface area (Å²) in [5, 5.41) is 0. The minimum Gasteiger partial charge on any atom is -0.298 e.